The first kappa shape index (κ1) is 18.0. The first-order valence-corrected chi connectivity index (χ1v) is 9.60. The molecular formula is C19H23ClN6O. The molecule has 3 aromatic rings. The smallest absolute Gasteiger partial charge is 0.327 e. The summed E-state index contributed by atoms with van der Waals surface area (Å²) in [4.78, 5) is 25.9. The molecule has 0 radical (unpaired) electrons. The van der Waals surface area contributed by atoms with E-state index in [0.29, 0.717) is 18.7 Å². The summed E-state index contributed by atoms with van der Waals surface area (Å²) in [6.07, 6.45) is 3.34. The number of H-pyrrole nitrogens is 1. The number of nitrogens with two attached hydrogens (primary N) is 1. The number of fused-ring (bicyclic) bond motifs is 1. The summed E-state index contributed by atoms with van der Waals surface area (Å²) >= 11 is 6.04. The van der Waals surface area contributed by atoms with Gasteiger partial charge in [-0.3, -0.25) is 9.55 Å². The molecule has 142 valence electrons. The Hall–Kier alpha value is -2.38. The van der Waals surface area contributed by atoms with Crippen LogP contribution in [0.1, 0.15) is 25.3 Å². The number of aromatic nitrogens is 4. The Morgan fingerprint density at radius 1 is 1.22 bits per heavy atom. The van der Waals surface area contributed by atoms with Crippen molar-refractivity contribution in [3.63, 3.8) is 0 Å². The lowest BCUT2D eigenvalue weighted by Gasteiger charge is -2.42. The molecule has 0 amide bonds. The highest BCUT2D eigenvalue weighted by Crippen LogP contribution is 2.37. The SMILES string of the molecule is CCn1c(=O)[nH]c2ncnc(N3CCC(CN)(c4ccc(Cl)cc4)CC3)c21. The van der Waals surface area contributed by atoms with E-state index < -0.39 is 0 Å². The molecule has 7 nitrogen and oxygen atoms in total. The maximum absolute atomic E-state index is 12.2. The number of hydrogen-bond acceptors (Lipinski definition) is 5. The number of aryl methyl sites for hydroxylation is 1. The maximum atomic E-state index is 12.2. The predicted molar refractivity (Wildman–Crippen MR) is 107 cm³/mol. The fourth-order valence-corrected chi connectivity index (χ4v) is 4.20. The summed E-state index contributed by atoms with van der Waals surface area (Å²) in [5.74, 6) is 0.807. The Kier molecular flexibility index (Phi) is 4.65. The molecule has 27 heavy (non-hydrogen) atoms. The normalized spacial score (nSPS) is 16.8. The molecule has 8 heteroatoms. The van der Waals surface area contributed by atoms with Crippen molar-refractivity contribution in [3.8, 4) is 0 Å². The minimum atomic E-state index is -0.149. The molecule has 0 bridgehead atoms. The molecule has 0 unspecified atom stereocenters. The largest absolute Gasteiger partial charge is 0.355 e. The van der Waals surface area contributed by atoms with E-state index in [9.17, 15) is 4.79 Å². The van der Waals surface area contributed by atoms with Crippen LogP contribution in [0.4, 0.5) is 5.82 Å². The summed E-state index contributed by atoms with van der Waals surface area (Å²) in [6.45, 7) is 4.74. The monoisotopic (exact) mass is 386 g/mol. The number of piperidine rings is 1. The highest BCUT2D eigenvalue weighted by molar-refractivity contribution is 6.30. The lowest BCUT2D eigenvalue weighted by molar-refractivity contribution is 0.339. The van der Waals surface area contributed by atoms with Gasteiger partial charge in [-0.15, -0.1) is 0 Å². The number of rotatable bonds is 4. The average Bonchev–Trinajstić information content (AvgIpc) is 3.03. The van der Waals surface area contributed by atoms with Gasteiger partial charge in [0.1, 0.15) is 11.8 Å². The van der Waals surface area contributed by atoms with Gasteiger partial charge in [0.15, 0.2) is 11.5 Å². The lowest BCUT2D eigenvalue weighted by atomic mass is 9.73. The first-order valence-electron chi connectivity index (χ1n) is 9.22. The summed E-state index contributed by atoms with van der Waals surface area (Å²) in [6, 6.07) is 8.01. The van der Waals surface area contributed by atoms with Crippen LogP contribution in [0, 0.1) is 0 Å². The molecular weight excluding hydrogens is 364 g/mol. The Balaban J connectivity index is 1.65. The Morgan fingerprint density at radius 3 is 2.56 bits per heavy atom. The van der Waals surface area contributed by atoms with Crippen LogP contribution in [0.2, 0.25) is 5.02 Å². The first-order chi connectivity index (χ1) is 13.1. The summed E-state index contributed by atoms with van der Waals surface area (Å²) < 4.78 is 1.69. The van der Waals surface area contributed by atoms with E-state index >= 15 is 0 Å². The standard InChI is InChI=1S/C19H23ClN6O/c1-2-26-15-16(24-18(26)27)22-12-23-17(15)25-9-7-19(11-21,8-10-25)13-3-5-14(20)6-4-13/h3-6,12H,2,7-11,21H2,1H3,(H,22,23,24,27). The van der Waals surface area contributed by atoms with Crippen LogP contribution in [-0.2, 0) is 12.0 Å². The van der Waals surface area contributed by atoms with Crippen molar-refractivity contribution < 1.29 is 0 Å². The second-order valence-corrected chi connectivity index (χ2v) is 7.48. The number of hydrogen-bond donors (Lipinski definition) is 2. The lowest BCUT2D eigenvalue weighted by Crippen LogP contribution is -2.47. The van der Waals surface area contributed by atoms with Gasteiger partial charge in [-0.05, 0) is 37.5 Å². The second kappa shape index (κ2) is 6.98. The molecule has 4 rings (SSSR count). The zero-order chi connectivity index (χ0) is 19.0. The third-order valence-electron chi connectivity index (χ3n) is 5.73. The van der Waals surface area contributed by atoms with Crippen molar-refractivity contribution >= 4 is 28.6 Å². The van der Waals surface area contributed by atoms with E-state index in [2.05, 4.69) is 32.0 Å². The molecule has 0 saturated carbocycles. The zero-order valence-electron chi connectivity index (χ0n) is 15.3. The van der Waals surface area contributed by atoms with Crippen molar-refractivity contribution in [2.24, 2.45) is 5.73 Å². The molecule has 0 atom stereocenters. The molecule has 3 heterocycles. The van der Waals surface area contributed by atoms with Crippen molar-refractivity contribution in [2.45, 2.75) is 31.7 Å². The molecule has 1 saturated heterocycles. The van der Waals surface area contributed by atoms with Crippen LogP contribution in [0.3, 0.4) is 0 Å². The highest BCUT2D eigenvalue weighted by atomic mass is 35.5. The fraction of sp³-hybridized carbons (Fsp3) is 0.421. The number of aromatic amines is 1. The summed E-state index contributed by atoms with van der Waals surface area (Å²) in [5.41, 5.74) is 8.58. The minimum absolute atomic E-state index is 0.0597. The molecule has 1 aliphatic rings. The van der Waals surface area contributed by atoms with Gasteiger partial charge >= 0.3 is 5.69 Å². The van der Waals surface area contributed by atoms with Gasteiger partial charge in [0.2, 0.25) is 0 Å². The van der Waals surface area contributed by atoms with Crippen molar-refractivity contribution in [2.75, 3.05) is 24.5 Å². The molecule has 1 aliphatic heterocycles. The molecule has 1 aromatic carbocycles. The molecule has 1 fully saturated rings. The highest BCUT2D eigenvalue weighted by Gasteiger charge is 2.36. The quantitative estimate of drug-likeness (QED) is 0.717. The van der Waals surface area contributed by atoms with Crippen molar-refractivity contribution in [1.82, 2.24) is 19.5 Å². The van der Waals surface area contributed by atoms with E-state index in [1.165, 1.54) is 11.9 Å². The van der Waals surface area contributed by atoms with E-state index in [-0.39, 0.29) is 11.1 Å². The van der Waals surface area contributed by atoms with Crippen LogP contribution in [0.15, 0.2) is 35.4 Å². The molecule has 0 aliphatic carbocycles. The number of imidazole rings is 1. The topological polar surface area (TPSA) is 92.8 Å². The predicted octanol–water partition coefficient (Wildman–Crippen LogP) is 2.29. The third-order valence-corrected chi connectivity index (χ3v) is 5.98. The third kappa shape index (κ3) is 3.00. The van der Waals surface area contributed by atoms with Crippen LogP contribution < -0.4 is 16.3 Å². The van der Waals surface area contributed by atoms with Crippen LogP contribution in [0.25, 0.3) is 11.2 Å². The van der Waals surface area contributed by atoms with Crippen molar-refractivity contribution in [1.29, 1.82) is 0 Å². The van der Waals surface area contributed by atoms with Gasteiger partial charge in [-0.25, -0.2) is 14.8 Å². The second-order valence-electron chi connectivity index (χ2n) is 7.05. The number of anilines is 1. The molecule has 3 N–H and O–H groups in total. The van der Waals surface area contributed by atoms with E-state index in [4.69, 9.17) is 17.3 Å². The minimum Gasteiger partial charge on any atom is -0.355 e. The van der Waals surface area contributed by atoms with E-state index in [1.807, 2.05) is 19.1 Å². The van der Waals surface area contributed by atoms with Crippen LogP contribution in [-0.4, -0.2) is 39.2 Å². The zero-order valence-corrected chi connectivity index (χ0v) is 16.0. The van der Waals surface area contributed by atoms with Gasteiger partial charge in [0.05, 0.1) is 0 Å². The number of benzene rings is 1. The fourth-order valence-electron chi connectivity index (χ4n) is 4.07. The van der Waals surface area contributed by atoms with E-state index in [1.54, 1.807) is 4.57 Å². The maximum Gasteiger partial charge on any atom is 0.327 e. The molecule has 0 spiro atoms. The number of halogens is 1. The van der Waals surface area contributed by atoms with Crippen molar-refractivity contribution in [3.05, 3.63) is 51.7 Å². The molecule has 2 aromatic heterocycles. The Bertz CT molecular complexity index is 1000. The average molecular weight is 387 g/mol. The Labute approximate surface area is 162 Å². The summed E-state index contributed by atoms with van der Waals surface area (Å²) in [7, 11) is 0. The Morgan fingerprint density at radius 2 is 1.93 bits per heavy atom. The van der Waals surface area contributed by atoms with Crippen LogP contribution >= 0.6 is 11.6 Å². The number of nitrogens with zero attached hydrogens (tertiary/aromatic N) is 4. The van der Waals surface area contributed by atoms with E-state index in [0.717, 1.165) is 42.3 Å². The van der Waals surface area contributed by atoms with Gasteiger partial charge in [-0.1, -0.05) is 23.7 Å². The van der Waals surface area contributed by atoms with Gasteiger partial charge < -0.3 is 10.6 Å². The van der Waals surface area contributed by atoms with Gasteiger partial charge in [0.25, 0.3) is 0 Å². The number of nitrogens with one attached hydrogen (secondary N) is 1. The van der Waals surface area contributed by atoms with Gasteiger partial charge in [0, 0.05) is 36.6 Å². The summed E-state index contributed by atoms with van der Waals surface area (Å²) in [5, 5.41) is 0.733. The van der Waals surface area contributed by atoms with Gasteiger partial charge in [-0.2, -0.15) is 0 Å². The van der Waals surface area contributed by atoms with Crippen LogP contribution in [0.5, 0.6) is 0 Å².